The van der Waals surface area contributed by atoms with Gasteiger partial charge in [-0.15, -0.1) is 0 Å². The van der Waals surface area contributed by atoms with Crippen LogP contribution in [0.3, 0.4) is 0 Å². The Bertz CT molecular complexity index is 1750. The molecule has 4 aromatic rings. The minimum atomic E-state index is -4.19. The van der Waals surface area contributed by atoms with E-state index in [9.17, 15) is 13.2 Å². The van der Waals surface area contributed by atoms with Gasteiger partial charge in [0.15, 0.2) is 11.5 Å². The molecule has 13 heteroatoms. The van der Waals surface area contributed by atoms with Crippen molar-refractivity contribution < 1.29 is 27.4 Å². The lowest BCUT2D eigenvalue weighted by molar-refractivity contribution is -0.119. The Kier molecular flexibility index (Phi) is 11.5. The maximum absolute atomic E-state index is 13.7. The van der Waals surface area contributed by atoms with Gasteiger partial charge < -0.3 is 14.2 Å². The number of hydrogen-bond donors (Lipinski definition) is 1. The molecule has 0 unspecified atom stereocenters. The smallest absolute Gasteiger partial charge is 0.264 e. The molecule has 0 bridgehead atoms. The molecule has 0 saturated carbocycles. The van der Waals surface area contributed by atoms with Crippen molar-refractivity contribution in [1.82, 2.24) is 5.43 Å². The topological polar surface area (TPSA) is 107 Å². The second-order valence-corrected chi connectivity index (χ2v) is 12.6. The van der Waals surface area contributed by atoms with Crippen molar-refractivity contribution in [2.24, 2.45) is 5.10 Å². The predicted molar refractivity (Wildman–Crippen MR) is 176 cm³/mol. The van der Waals surface area contributed by atoms with E-state index < -0.39 is 22.5 Å². The number of amides is 1. The van der Waals surface area contributed by atoms with Crippen LogP contribution in [-0.4, -0.2) is 40.8 Å². The van der Waals surface area contributed by atoms with Crippen LogP contribution in [0.25, 0.3) is 0 Å². The number of carbonyl (C=O) groups is 1. The highest BCUT2D eigenvalue weighted by atomic mass is 79.9. The maximum atomic E-state index is 13.7. The molecule has 44 heavy (non-hydrogen) atoms. The van der Waals surface area contributed by atoms with E-state index in [-0.39, 0.29) is 17.2 Å². The number of halogens is 3. The lowest BCUT2D eigenvalue weighted by atomic mass is 10.2. The molecular weight excluding hydrogens is 693 g/mol. The molecule has 0 aromatic heterocycles. The van der Waals surface area contributed by atoms with E-state index in [0.29, 0.717) is 43.9 Å². The van der Waals surface area contributed by atoms with Gasteiger partial charge in [0.25, 0.3) is 15.9 Å². The normalized spacial score (nSPS) is 11.3. The van der Waals surface area contributed by atoms with E-state index in [1.807, 2.05) is 18.2 Å². The zero-order chi connectivity index (χ0) is 31.7. The Morgan fingerprint density at radius 1 is 0.977 bits per heavy atom. The first-order valence-electron chi connectivity index (χ1n) is 13.2. The van der Waals surface area contributed by atoms with Crippen molar-refractivity contribution in [2.75, 3.05) is 24.6 Å². The third kappa shape index (κ3) is 8.23. The molecule has 1 N–H and O–H groups in total. The molecule has 4 rings (SSSR count). The summed E-state index contributed by atoms with van der Waals surface area (Å²) >= 11 is 15.7. The van der Waals surface area contributed by atoms with Crippen LogP contribution in [0.2, 0.25) is 10.0 Å². The number of methoxy groups -OCH3 is 1. The molecular formula is C31H28BrCl2N3O6S. The van der Waals surface area contributed by atoms with Crippen molar-refractivity contribution in [3.05, 3.63) is 111 Å². The number of nitrogens with zero attached hydrogens (tertiary/aromatic N) is 2. The number of carbonyl (C=O) groups excluding carboxylic acids is 1. The number of anilines is 1. The number of nitrogens with one attached hydrogen (secondary N) is 1. The van der Waals surface area contributed by atoms with E-state index in [1.165, 1.54) is 37.6 Å². The summed E-state index contributed by atoms with van der Waals surface area (Å²) in [6.07, 6.45) is 1.40. The number of hydrazone groups is 1. The highest BCUT2D eigenvalue weighted by Crippen LogP contribution is 2.37. The largest absolute Gasteiger partial charge is 0.493 e. The van der Waals surface area contributed by atoms with Gasteiger partial charge in [0, 0.05) is 15.6 Å². The van der Waals surface area contributed by atoms with Crippen LogP contribution in [0.15, 0.2) is 99.4 Å². The van der Waals surface area contributed by atoms with Crippen LogP contribution in [0.1, 0.15) is 18.1 Å². The minimum Gasteiger partial charge on any atom is -0.493 e. The molecule has 0 saturated heterocycles. The van der Waals surface area contributed by atoms with Gasteiger partial charge in [-0.1, -0.05) is 53.5 Å². The fourth-order valence-corrected chi connectivity index (χ4v) is 6.36. The van der Waals surface area contributed by atoms with Crippen molar-refractivity contribution in [1.29, 1.82) is 0 Å². The van der Waals surface area contributed by atoms with E-state index in [0.717, 1.165) is 9.87 Å². The van der Waals surface area contributed by atoms with Crippen molar-refractivity contribution >= 4 is 67.0 Å². The average molecular weight is 721 g/mol. The highest BCUT2D eigenvalue weighted by molar-refractivity contribution is 9.10. The Hall–Kier alpha value is -3.77. The highest BCUT2D eigenvalue weighted by Gasteiger charge is 2.29. The third-order valence-corrected chi connectivity index (χ3v) is 9.09. The van der Waals surface area contributed by atoms with Gasteiger partial charge in [-0.3, -0.25) is 9.10 Å². The first kappa shape index (κ1) is 33.1. The fraction of sp³-hybridized carbons (Fsp3) is 0.161. The summed E-state index contributed by atoms with van der Waals surface area (Å²) in [5.74, 6) is 0.505. The first-order valence-corrected chi connectivity index (χ1v) is 16.2. The summed E-state index contributed by atoms with van der Waals surface area (Å²) in [6, 6.07) is 23.0. The summed E-state index contributed by atoms with van der Waals surface area (Å²) in [5, 5.41) is 5.00. The lowest BCUT2D eigenvalue weighted by Crippen LogP contribution is -2.39. The molecule has 0 fully saturated rings. The predicted octanol–water partition coefficient (Wildman–Crippen LogP) is 7.09. The van der Waals surface area contributed by atoms with Gasteiger partial charge in [-0.2, -0.15) is 5.10 Å². The standard InChI is InChI=1S/C31H28BrCl2N3O6S/c1-3-42-28-11-7-6-10-27(28)37(44(39,40)24-14-12-23(33)13-15-24)19-30(38)36-35-18-21-16-25(32)31(29(17-21)41-2)43-20-22-8-4-5-9-26(22)34/h4-18H,3,19-20H2,1-2H3,(H,36,38)/b35-18-. The van der Waals surface area contributed by atoms with Gasteiger partial charge in [0.05, 0.1) is 35.0 Å². The third-order valence-electron chi connectivity index (χ3n) is 6.11. The fourth-order valence-electron chi connectivity index (χ4n) is 4.04. The first-order chi connectivity index (χ1) is 21.1. The molecule has 0 spiro atoms. The summed E-state index contributed by atoms with van der Waals surface area (Å²) in [4.78, 5) is 13.0. The molecule has 0 atom stereocenters. The van der Waals surface area contributed by atoms with Gasteiger partial charge in [0.2, 0.25) is 0 Å². The molecule has 1 amide bonds. The van der Waals surface area contributed by atoms with Crippen LogP contribution in [0, 0.1) is 0 Å². The minimum absolute atomic E-state index is 0.0432. The number of rotatable bonds is 13. The molecule has 4 aromatic carbocycles. The van der Waals surface area contributed by atoms with Crippen LogP contribution < -0.4 is 23.9 Å². The van der Waals surface area contributed by atoms with Crippen molar-refractivity contribution in [3.63, 3.8) is 0 Å². The van der Waals surface area contributed by atoms with E-state index >= 15 is 0 Å². The zero-order valence-corrected chi connectivity index (χ0v) is 27.6. The van der Waals surface area contributed by atoms with E-state index in [1.54, 1.807) is 49.4 Å². The van der Waals surface area contributed by atoms with Crippen LogP contribution in [0.4, 0.5) is 5.69 Å². The van der Waals surface area contributed by atoms with Crippen LogP contribution >= 0.6 is 39.1 Å². The van der Waals surface area contributed by atoms with Crippen LogP contribution in [0.5, 0.6) is 17.2 Å². The molecule has 9 nitrogen and oxygen atoms in total. The van der Waals surface area contributed by atoms with Gasteiger partial charge >= 0.3 is 0 Å². The SMILES string of the molecule is CCOc1ccccc1N(CC(=O)N/N=C\c1cc(Br)c(OCc2ccccc2Cl)c(OC)c1)S(=O)(=O)c1ccc(Cl)cc1. The number of para-hydroxylation sites is 2. The van der Waals surface area contributed by atoms with Gasteiger partial charge in [-0.25, -0.2) is 13.8 Å². The Labute approximate surface area is 274 Å². The molecule has 0 aliphatic rings. The molecule has 230 valence electrons. The Balaban J connectivity index is 1.53. The second-order valence-electron chi connectivity index (χ2n) is 9.07. The van der Waals surface area contributed by atoms with E-state index in [2.05, 4.69) is 26.5 Å². The van der Waals surface area contributed by atoms with Crippen molar-refractivity contribution in [3.8, 4) is 17.2 Å². The van der Waals surface area contributed by atoms with Crippen molar-refractivity contribution in [2.45, 2.75) is 18.4 Å². The lowest BCUT2D eigenvalue weighted by Gasteiger charge is -2.25. The van der Waals surface area contributed by atoms with Crippen LogP contribution in [-0.2, 0) is 21.4 Å². The summed E-state index contributed by atoms with van der Waals surface area (Å²) in [6.45, 7) is 1.72. The number of hydrogen-bond acceptors (Lipinski definition) is 7. The van der Waals surface area contributed by atoms with E-state index in [4.69, 9.17) is 37.4 Å². The average Bonchev–Trinajstić information content (AvgIpc) is 3.00. The Morgan fingerprint density at radius 3 is 2.39 bits per heavy atom. The molecule has 0 aliphatic heterocycles. The number of ether oxygens (including phenoxy) is 3. The Morgan fingerprint density at radius 2 is 1.68 bits per heavy atom. The zero-order valence-electron chi connectivity index (χ0n) is 23.7. The summed E-state index contributed by atoms with van der Waals surface area (Å²) < 4.78 is 46.1. The summed E-state index contributed by atoms with van der Waals surface area (Å²) in [5.41, 5.74) is 3.99. The van der Waals surface area contributed by atoms with Gasteiger partial charge in [-0.05, 0) is 83.0 Å². The maximum Gasteiger partial charge on any atom is 0.264 e. The number of sulfonamides is 1. The molecule has 0 radical (unpaired) electrons. The monoisotopic (exact) mass is 719 g/mol. The quantitative estimate of drug-likeness (QED) is 0.117. The molecule has 0 heterocycles. The van der Waals surface area contributed by atoms with Gasteiger partial charge in [0.1, 0.15) is 18.9 Å². The molecule has 0 aliphatic carbocycles. The second kappa shape index (κ2) is 15.3. The number of benzene rings is 4. The summed E-state index contributed by atoms with van der Waals surface area (Å²) in [7, 11) is -2.69.